The summed E-state index contributed by atoms with van der Waals surface area (Å²) < 4.78 is 0. The molecule has 0 saturated carbocycles. The van der Waals surface area contributed by atoms with E-state index in [-0.39, 0.29) is 0 Å². The second kappa shape index (κ2) is 4.77. The average Bonchev–Trinajstić information content (AvgIpc) is 2.37. The van der Waals surface area contributed by atoms with Crippen molar-refractivity contribution in [3.8, 4) is 6.07 Å². The van der Waals surface area contributed by atoms with Crippen LogP contribution in [-0.2, 0) is 0 Å². The van der Waals surface area contributed by atoms with Gasteiger partial charge < -0.3 is 10.4 Å². The number of nitrogens with one attached hydrogen (secondary N) is 1. The molecule has 0 atom stereocenters. The average molecular weight is 269 g/mol. The molecule has 0 aliphatic carbocycles. The summed E-state index contributed by atoms with van der Waals surface area (Å²) in [7, 11) is 0. The molecular formula is C16H19N3O. The van der Waals surface area contributed by atoms with E-state index in [9.17, 15) is 10.4 Å². The highest BCUT2D eigenvalue weighted by atomic mass is 16.3. The molecular weight excluding hydrogens is 250 g/mol. The van der Waals surface area contributed by atoms with Crippen molar-refractivity contribution in [2.45, 2.75) is 38.8 Å². The molecule has 1 aromatic heterocycles. The quantitative estimate of drug-likeness (QED) is 0.898. The van der Waals surface area contributed by atoms with Gasteiger partial charge in [-0.2, -0.15) is 5.26 Å². The fourth-order valence-electron chi connectivity index (χ4n) is 1.83. The van der Waals surface area contributed by atoms with Crippen LogP contribution in [0.5, 0.6) is 0 Å². The smallest absolute Gasteiger partial charge is 0.103 e. The number of anilines is 1. The molecule has 2 rings (SSSR count). The van der Waals surface area contributed by atoms with Gasteiger partial charge in [-0.1, -0.05) is 18.2 Å². The lowest BCUT2D eigenvalue weighted by atomic mass is 9.85. The van der Waals surface area contributed by atoms with E-state index in [1.807, 2.05) is 38.1 Å². The van der Waals surface area contributed by atoms with Crippen molar-refractivity contribution in [1.82, 2.24) is 4.98 Å². The number of fused-ring (bicyclic) bond motifs is 1. The zero-order valence-corrected chi connectivity index (χ0v) is 12.2. The van der Waals surface area contributed by atoms with Crippen molar-refractivity contribution >= 4 is 16.6 Å². The highest BCUT2D eigenvalue weighted by Crippen LogP contribution is 2.32. The number of para-hydroxylation sites is 1. The van der Waals surface area contributed by atoms with Crippen molar-refractivity contribution in [3.63, 3.8) is 0 Å². The highest BCUT2D eigenvalue weighted by molar-refractivity contribution is 5.94. The van der Waals surface area contributed by atoms with Crippen molar-refractivity contribution in [1.29, 1.82) is 5.26 Å². The number of pyridine rings is 1. The Morgan fingerprint density at radius 1 is 1.20 bits per heavy atom. The number of rotatable bonds is 3. The summed E-state index contributed by atoms with van der Waals surface area (Å²) in [5.74, 6) is 0. The Bertz CT molecular complexity index is 678. The summed E-state index contributed by atoms with van der Waals surface area (Å²) in [5.41, 5.74) is 0.471. The molecule has 0 spiro atoms. The van der Waals surface area contributed by atoms with E-state index in [1.54, 1.807) is 20.0 Å². The number of nitriles is 1. The van der Waals surface area contributed by atoms with Crippen LogP contribution in [0.4, 0.5) is 5.69 Å². The first kappa shape index (κ1) is 14.3. The molecule has 0 radical (unpaired) electrons. The summed E-state index contributed by atoms with van der Waals surface area (Å²) in [5, 5.41) is 23.8. The third kappa shape index (κ3) is 2.45. The maximum absolute atomic E-state index is 10.3. The Morgan fingerprint density at radius 3 is 2.45 bits per heavy atom. The zero-order chi connectivity index (χ0) is 15.0. The largest absolute Gasteiger partial charge is 0.388 e. The Morgan fingerprint density at radius 2 is 1.85 bits per heavy atom. The molecule has 0 unspecified atom stereocenters. The number of hydrogen-bond donors (Lipinski definition) is 2. The number of nitrogens with zero attached hydrogens (tertiary/aromatic N) is 2. The Labute approximate surface area is 119 Å². The van der Waals surface area contributed by atoms with Gasteiger partial charge in [0.05, 0.1) is 27.9 Å². The molecule has 0 bridgehead atoms. The van der Waals surface area contributed by atoms with Crippen molar-refractivity contribution in [3.05, 3.63) is 36.0 Å². The summed E-state index contributed by atoms with van der Waals surface area (Å²) >= 11 is 0. The Kier molecular flexibility index (Phi) is 3.41. The molecule has 2 N–H and O–H groups in total. The van der Waals surface area contributed by atoms with E-state index in [2.05, 4.69) is 16.4 Å². The molecule has 0 aliphatic rings. The van der Waals surface area contributed by atoms with Crippen LogP contribution in [0.3, 0.4) is 0 Å². The summed E-state index contributed by atoms with van der Waals surface area (Å²) in [6.07, 6.45) is 1.56. The van der Waals surface area contributed by atoms with Gasteiger partial charge in [0, 0.05) is 11.6 Å². The summed E-state index contributed by atoms with van der Waals surface area (Å²) in [4.78, 5) is 4.28. The van der Waals surface area contributed by atoms with Crippen LogP contribution < -0.4 is 5.32 Å². The molecule has 0 amide bonds. The molecule has 0 saturated heterocycles. The first-order valence-corrected chi connectivity index (χ1v) is 6.55. The van der Waals surface area contributed by atoms with Gasteiger partial charge in [-0.05, 0) is 33.8 Å². The fraction of sp³-hybridized carbons (Fsp3) is 0.375. The maximum atomic E-state index is 10.3. The summed E-state index contributed by atoms with van der Waals surface area (Å²) in [6, 6.07) is 9.80. The standard InChI is InChI=1S/C16H19N3O/c1-15(2,16(3,4)20)19-14-11(9-17)10-18-13-8-6-5-7-12(13)14/h5-8,10,20H,1-4H3,(H,18,19). The Balaban J connectivity index is 2.62. The normalized spacial score (nSPS) is 12.2. The molecule has 104 valence electrons. The van der Waals surface area contributed by atoms with Crippen LogP contribution in [-0.4, -0.2) is 21.2 Å². The molecule has 4 heteroatoms. The van der Waals surface area contributed by atoms with Crippen molar-refractivity contribution < 1.29 is 5.11 Å². The number of benzene rings is 1. The number of aromatic nitrogens is 1. The van der Waals surface area contributed by atoms with E-state index in [0.29, 0.717) is 11.3 Å². The number of hydrogen-bond acceptors (Lipinski definition) is 4. The monoisotopic (exact) mass is 269 g/mol. The fourth-order valence-corrected chi connectivity index (χ4v) is 1.83. The van der Waals surface area contributed by atoms with Crippen LogP contribution in [0.1, 0.15) is 33.3 Å². The van der Waals surface area contributed by atoms with Crippen LogP contribution in [0.2, 0.25) is 0 Å². The third-order valence-corrected chi connectivity index (χ3v) is 3.86. The van der Waals surface area contributed by atoms with Gasteiger partial charge in [-0.3, -0.25) is 4.98 Å². The summed E-state index contributed by atoms with van der Waals surface area (Å²) in [6.45, 7) is 7.30. The first-order chi connectivity index (χ1) is 9.26. The lowest BCUT2D eigenvalue weighted by Crippen LogP contribution is -2.51. The van der Waals surface area contributed by atoms with Gasteiger partial charge in [0.1, 0.15) is 6.07 Å². The molecule has 1 aromatic carbocycles. The predicted molar refractivity (Wildman–Crippen MR) is 80.5 cm³/mol. The van der Waals surface area contributed by atoms with Gasteiger partial charge in [0.2, 0.25) is 0 Å². The molecule has 20 heavy (non-hydrogen) atoms. The molecule has 0 aliphatic heterocycles. The van der Waals surface area contributed by atoms with Gasteiger partial charge in [-0.15, -0.1) is 0 Å². The molecule has 1 heterocycles. The second-order valence-electron chi connectivity index (χ2n) is 5.98. The minimum absolute atomic E-state index is 0.473. The van der Waals surface area contributed by atoms with Crippen molar-refractivity contribution in [2.75, 3.05) is 5.32 Å². The van der Waals surface area contributed by atoms with Crippen LogP contribution in [0.25, 0.3) is 10.9 Å². The zero-order valence-electron chi connectivity index (χ0n) is 12.2. The van der Waals surface area contributed by atoms with E-state index in [0.717, 1.165) is 10.9 Å². The topological polar surface area (TPSA) is 68.9 Å². The van der Waals surface area contributed by atoms with E-state index < -0.39 is 11.1 Å². The number of aliphatic hydroxyl groups is 1. The van der Waals surface area contributed by atoms with Gasteiger partial charge in [0.25, 0.3) is 0 Å². The third-order valence-electron chi connectivity index (χ3n) is 3.86. The second-order valence-corrected chi connectivity index (χ2v) is 5.98. The maximum Gasteiger partial charge on any atom is 0.103 e. The molecule has 4 nitrogen and oxygen atoms in total. The van der Waals surface area contributed by atoms with Gasteiger partial charge in [0.15, 0.2) is 0 Å². The van der Waals surface area contributed by atoms with Crippen LogP contribution in [0, 0.1) is 11.3 Å². The lowest BCUT2D eigenvalue weighted by Gasteiger charge is -2.39. The van der Waals surface area contributed by atoms with E-state index in [1.165, 1.54) is 0 Å². The van der Waals surface area contributed by atoms with Crippen LogP contribution >= 0.6 is 0 Å². The molecule has 0 fully saturated rings. The SMILES string of the molecule is CC(C)(O)C(C)(C)Nc1c(C#N)cnc2ccccc12. The van der Waals surface area contributed by atoms with Gasteiger partial charge >= 0.3 is 0 Å². The van der Waals surface area contributed by atoms with Crippen LogP contribution in [0.15, 0.2) is 30.5 Å². The van der Waals surface area contributed by atoms with E-state index in [4.69, 9.17) is 0 Å². The first-order valence-electron chi connectivity index (χ1n) is 6.55. The molecule has 2 aromatic rings. The lowest BCUT2D eigenvalue weighted by molar-refractivity contribution is 0.0241. The minimum atomic E-state index is -0.940. The minimum Gasteiger partial charge on any atom is -0.388 e. The van der Waals surface area contributed by atoms with E-state index >= 15 is 0 Å². The highest BCUT2D eigenvalue weighted by Gasteiger charge is 2.35. The Hall–Kier alpha value is -2.12. The van der Waals surface area contributed by atoms with Crippen molar-refractivity contribution in [2.24, 2.45) is 0 Å². The predicted octanol–water partition coefficient (Wildman–Crippen LogP) is 3.07. The van der Waals surface area contributed by atoms with Gasteiger partial charge in [-0.25, -0.2) is 0 Å².